The number of carboxylic acids is 1. The lowest BCUT2D eigenvalue weighted by Crippen LogP contribution is -2.40. The first-order chi connectivity index (χ1) is 5.63. The minimum absolute atomic E-state index is 0.109. The summed E-state index contributed by atoms with van der Waals surface area (Å²) in [6.07, 6.45) is 0.435. The molecule has 0 aromatic heterocycles. The zero-order valence-electron chi connectivity index (χ0n) is 6.65. The van der Waals surface area contributed by atoms with Gasteiger partial charge in [-0.25, -0.2) is 4.79 Å². The molecule has 1 amide bonds. The highest BCUT2D eigenvalue weighted by molar-refractivity contribution is 5.76. The van der Waals surface area contributed by atoms with E-state index in [1.165, 1.54) is 0 Å². The molecule has 0 fully saturated rings. The minimum atomic E-state index is -1.12. The number of nitrogens with one attached hydrogen (secondary N) is 1. The van der Waals surface area contributed by atoms with Gasteiger partial charge in [-0.2, -0.15) is 5.26 Å². The largest absolute Gasteiger partial charge is 0.480 e. The molecule has 2 atom stereocenters. The Morgan fingerprint density at radius 3 is 2.75 bits per heavy atom. The first-order valence-electron chi connectivity index (χ1n) is 3.43. The van der Waals surface area contributed by atoms with Crippen LogP contribution >= 0.6 is 0 Å². The normalized spacial score (nSPS) is 14.0. The standard InChI is InChI=1S/C7H10N2O3/c1-5(2-3-8)6(7(11)12)9-4-10/h4-6H,2H2,1H3,(H,9,10)(H,11,12). The Bertz CT molecular complexity index is 209. The number of rotatable bonds is 5. The van der Waals surface area contributed by atoms with Crippen LogP contribution in [0.1, 0.15) is 13.3 Å². The molecule has 66 valence electrons. The van der Waals surface area contributed by atoms with Gasteiger partial charge in [0.05, 0.1) is 6.07 Å². The fraction of sp³-hybridized carbons (Fsp3) is 0.571. The Kier molecular flexibility index (Phi) is 4.46. The van der Waals surface area contributed by atoms with E-state index in [9.17, 15) is 9.59 Å². The highest BCUT2D eigenvalue weighted by Gasteiger charge is 2.23. The van der Waals surface area contributed by atoms with Crippen LogP contribution in [0.25, 0.3) is 0 Å². The molecular formula is C7H10N2O3. The fourth-order valence-corrected chi connectivity index (χ4v) is 0.814. The Labute approximate surface area is 70.0 Å². The monoisotopic (exact) mass is 170 g/mol. The number of hydrogen-bond acceptors (Lipinski definition) is 3. The van der Waals surface area contributed by atoms with Crippen LogP contribution in [0, 0.1) is 17.2 Å². The van der Waals surface area contributed by atoms with Gasteiger partial charge in [0.1, 0.15) is 6.04 Å². The molecule has 0 bridgehead atoms. The number of aliphatic carboxylic acids is 1. The molecule has 12 heavy (non-hydrogen) atoms. The first kappa shape index (κ1) is 10.4. The molecule has 0 aromatic rings. The third-order valence-corrected chi connectivity index (χ3v) is 1.50. The summed E-state index contributed by atoms with van der Waals surface area (Å²) in [5, 5.41) is 19.0. The van der Waals surface area contributed by atoms with Crippen molar-refractivity contribution in [2.24, 2.45) is 5.92 Å². The summed E-state index contributed by atoms with van der Waals surface area (Å²) in [5.41, 5.74) is 0. The maximum absolute atomic E-state index is 10.5. The van der Waals surface area contributed by atoms with E-state index in [-0.39, 0.29) is 12.3 Å². The average molecular weight is 170 g/mol. The van der Waals surface area contributed by atoms with E-state index in [1.54, 1.807) is 6.92 Å². The molecule has 0 aromatic carbocycles. The van der Waals surface area contributed by atoms with Gasteiger partial charge in [-0.05, 0) is 0 Å². The number of carboxylic acid groups (broad SMARTS) is 1. The second-order valence-corrected chi connectivity index (χ2v) is 2.44. The third-order valence-electron chi connectivity index (χ3n) is 1.50. The third kappa shape index (κ3) is 3.01. The van der Waals surface area contributed by atoms with Crippen molar-refractivity contribution in [1.29, 1.82) is 5.26 Å². The summed E-state index contributed by atoms with van der Waals surface area (Å²) in [6, 6.07) is 0.872. The Hall–Kier alpha value is -1.57. The highest BCUT2D eigenvalue weighted by Crippen LogP contribution is 2.06. The van der Waals surface area contributed by atoms with Crippen molar-refractivity contribution in [3.8, 4) is 6.07 Å². The van der Waals surface area contributed by atoms with Crippen LogP contribution < -0.4 is 5.32 Å². The van der Waals surface area contributed by atoms with Crippen molar-refractivity contribution in [3.05, 3.63) is 0 Å². The Morgan fingerprint density at radius 1 is 1.83 bits per heavy atom. The van der Waals surface area contributed by atoms with Crippen molar-refractivity contribution in [3.63, 3.8) is 0 Å². The van der Waals surface area contributed by atoms with Gasteiger partial charge in [0.25, 0.3) is 0 Å². The molecule has 0 heterocycles. The lowest BCUT2D eigenvalue weighted by atomic mass is 9.99. The summed E-state index contributed by atoms with van der Waals surface area (Å²) in [6.45, 7) is 1.60. The second kappa shape index (κ2) is 5.13. The van der Waals surface area contributed by atoms with Crippen LogP contribution in [0.5, 0.6) is 0 Å². The molecule has 0 spiro atoms. The topological polar surface area (TPSA) is 90.2 Å². The molecule has 0 radical (unpaired) electrons. The second-order valence-electron chi connectivity index (χ2n) is 2.44. The molecule has 0 aliphatic carbocycles. The van der Waals surface area contributed by atoms with Gasteiger partial charge in [-0.15, -0.1) is 0 Å². The number of carbonyl (C=O) groups excluding carboxylic acids is 1. The lowest BCUT2D eigenvalue weighted by Gasteiger charge is -2.15. The van der Waals surface area contributed by atoms with Crippen LogP contribution in [-0.2, 0) is 9.59 Å². The molecule has 0 aliphatic heterocycles. The van der Waals surface area contributed by atoms with Gasteiger partial charge in [0.15, 0.2) is 0 Å². The summed E-state index contributed by atoms with van der Waals surface area (Å²) < 4.78 is 0. The molecule has 0 saturated heterocycles. The van der Waals surface area contributed by atoms with Gasteiger partial charge in [0, 0.05) is 12.3 Å². The smallest absolute Gasteiger partial charge is 0.326 e. The fourth-order valence-electron chi connectivity index (χ4n) is 0.814. The highest BCUT2D eigenvalue weighted by atomic mass is 16.4. The van der Waals surface area contributed by atoms with Crippen molar-refractivity contribution < 1.29 is 14.7 Å². The molecule has 5 nitrogen and oxygen atoms in total. The number of nitriles is 1. The quantitative estimate of drug-likeness (QED) is 0.556. The van der Waals surface area contributed by atoms with E-state index in [1.807, 2.05) is 6.07 Å². The van der Waals surface area contributed by atoms with Crippen LogP contribution in [0.2, 0.25) is 0 Å². The van der Waals surface area contributed by atoms with Crippen molar-refractivity contribution in [2.45, 2.75) is 19.4 Å². The number of nitrogens with zero attached hydrogens (tertiary/aromatic N) is 1. The predicted octanol–water partition coefficient (Wildman–Crippen LogP) is -0.265. The molecule has 0 rings (SSSR count). The van der Waals surface area contributed by atoms with Crippen molar-refractivity contribution >= 4 is 12.4 Å². The number of hydrogen-bond donors (Lipinski definition) is 2. The van der Waals surface area contributed by atoms with Gasteiger partial charge in [-0.1, -0.05) is 6.92 Å². The summed E-state index contributed by atoms with van der Waals surface area (Å²) in [7, 11) is 0. The van der Waals surface area contributed by atoms with Crippen LogP contribution in [0.4, 0.5) is 0 Å². The zero-order valence-corrected chi connectivity index (χ0v) is 6.65. The van der Waals surface area contributed by atoms with E-state index in [2.05, 4.69) is 5.32 Å². The number of carbonyl (C=O) groups is 2. The van der Waals surface area contributed by atoms with E-state index < -0.39 is 12.0 Å². The Balaban J connectivity index is 4.19. The maximum Gasteiger partial charge on any atom is 0.326 e. The SMILES string of the molecule is CC(CC#N)C(NC=O)C(=O)O. The minimum Gasteiger partial charge on any atom is -0.480 e. The van der Waals surface area contributed by atoms with Crippen molar-refractivity contribution in [1.82, 2.24) is 5.32 Å². The van der Waals surface area contributed by atoms with Crippen LogP contribution in [0.3, 0.4) is 0 Å². The van der Waals surface area contributed by atoms with Crippen LogP contribution in [0.15, 0.2) is 0 Å². The maximum atomic E-state index is 10.5. The number of amides is 1. The van der Waals surface area contributed by atoms with Gasteiger partial charge < -0.3 is 10.4 Å². The molecule has 0 aliphatic rings. The summed E-state index contributed by atoms with van der Waals surface area (Å²) in [5.74, 6) is -1.50. The van der Waals surface area contributed by atoms with E-state index >= 15 is 0 Å². The molecule has 2 N–H and O–H groups in total. The van der Waals surface area contributed by atoms with Crippen LogP contribution in [-0.4, -0.2) is 23.5 Å². The predicted molar refractivity (Wildman–Crippen MR) is 40.0 cm³/mol. The summed E-state index contributed by atoms with van der Waals surface area (Å²) in [4.78, 5) is 20.4. The Morgan fingerprint density at radius 2 is 2.42 bits per heavy atom. The summed E-state index contributed by atoms with van der Waals surface area (Å²) >= 11 is 0. The molecular weight excluding hydrogens is 160 g/mol. The van der Waals surface area contributed by atoms with Gasteiger partial charge in [-0.3, -0.25) is 4.79 Å². The van der Waals surface area contributed by atoms with E-state index in [4.69, 9.17) is 10.4 Å². The molecule has 5 heteroatoms. The zero-order chi connectivity index (χ0) is 9.56. The van der Waals surface area contributed by atoms with E-state index in [0.717, 1.165) is 0 Å². The van der Waals surface area contributed by atoms with Gasteiger partial charge in [0.2, 0.25) is 6.41 Å². The lowest BCUT2D eigenvalue weighted by molar-refractivity contribution is -0.141. The average Bonchev–Trinajstić information content (AvgIpc) is 1.99. The van der Waals surface area contributed by atoms with E-state index in [0.29, 0.717) is 6.41 Å². The van der Waals surface area contributed by atoms with Crippen molar-refractivity contribution in [2.75, 3.05) is 0 Å². The van der Waals surface area contributed by atoms with Gasteiger partial charge >= 0.3 is 5.97 Å². The molecule has 2 unspecified atom stereocenters. The molecule has 0 saturated carbocycles. The first-order valence-corrected chi connectivity index (χ1v) is 3.43.